The number of piperidine rings is 1. The molecule has 1 fully saturated rings. The minimum atomic E-state index is 0.774. The van der Waals surface area contributed by atoms with Gasteiger partial charge in [-0.05, 0) is 45.3 Å². The predicted octanol–water partition coefficient (Wildman–Crippen LogP) is 2.22. The number of ether oxygens (including phenoxy) is 1. The molecule has 0 saturated carbocycles. The van der Waals surface area contributed by atoms with Gasteiger partial charge in [0.25, 0.3) is 0 Å². The molecule has 0 aliphatic carbocycles. The highest BCUT2D eigenvalue weighted by atomic mass is 16.5. The molecule has 112 valence electrons. The fourth-order valence-corrected chi connectivity index (χ4v) is 2.94. The van der Waals surface area contributed by atoms with Crippen LogP contribution in [0.15, 0.2) is 12.1 Å². The van der Waals surface area contributed by atoms with Crippen LogP contribution in [0, 0.1) is 12.8 Å². The third kappa shape index (κ3) is 4.46. The van der Waals surface area contributed by atoms with Gasteiger partial charge < -0.3 is 10.1 Å². The molecule has 0 radical (unpaired) electrons. The molecule has 1 atom stereocenters. The van der Waals surface area contributed by atoms with Crippen molar-refractivity contribution in [3.05, 3.63) is 23.5 Å². The summed E-state index contributed by atoms with van der Waals surface area (Å²) in [6.45, 7) is 9.68. The Morgan fingerprint density at radius 3 is 3.05 bits per heavy atom. The number of aromatic nitrogens is 1. The summed E-state index contributed by atoms with van der Waals surface area (Å²) in [6, 6.07) is 4.04. The zero-order valence-corrected chi connectivity index (χ0v) is 13.0. The van der Waals surface area contributed by atoms with Gasteiger partial charge in [-0.25, -0.2) is 0 Å². The molecule has 1 aromatic heterocycles. The Bertz CT molecular complexity index is 422. The Balaban J connectivity index is 1.93. The van der Waals surface area contributed by atoms with Crippen molar-refractivity contribution < 1.29 is 4.74 Å². The van der Waals surface area contributed by atoms with E-state index in [1.807, 2.05) is 13.0 Å². The van der Waals surface area contributed by atoms with Crippen LogP contribution in [-0.4, -0.2) is 43.2 Å². The van der Waals surface area contributed by atoms with E-state index in [0.717, 1.165) is 42.7 Å². The molecular weight excluding hydrogens is 250 g/mol. The monoisotopic (exact) mass is 277 g/mol. The zero-order valence-electron chi connectivity index (χ0n) is 13.0. The van der Waals surface area contributed by atoms with E-state index in [1.165, 1.54) is 25.9 Å². The number of rotatable bonds is 6. The van der Waals surface area contributed by atoms with Crippen LogP contribution in [0.4, 0.5) is 0 Å². The van der Waals surface area contributed by atoms with Gasteiger partial charge in [0.1, 0.15) is 5.75 Å². The number of hydrogen-bond acceptors (Lipinski definition) is 4. The molecule has 1 aliphatic rings. The van der Waals surface area contributed by atoms with E-state index in [1.54, 1.807) is 7.11 Å². The minimum absolute atomic E-state index is 0.774. The average molecular weight is 277 g/mol. The van der Waals surface area contributed by atoms with E-state index in [9.17, 15) is 0 Å². The van der Waals surface area contributed by atoms with Crippen LogP contribution in [0.5, 0.6) is 5.75 Å². The molecule has 0 amide bonds. The van der Waals surface area contributed by atoms with Crippen LogP contribution in [-0.2, 0) is 6.54 Å². The number of methoxy groups -OCH3 is 1. The lowest BCUT2D eigenvalue weighted by molar-refractivity contribution is 0.164. The Morgan fingerprint density at radius 2 is 2.30 bits per heavy atom. The third-order valence-corrected chi connectivity index (χ3v) is 3.89. The van der Waals surface area contributed by atoms with Crippen molar-refractivity contribution >= 4 is 0 Å². The zero-order chi connectivity index (χ0) is 14.4. The second kappa shape index (κ2) is 7.60. The van der Waals surface area contributed by atoms with Gasteiger partial charge in [0.05, 0.1) is 12.8 Å². The van der Waals surface area contributed by atoms with Gasteiger partial charge in [-0.3, -0.25) is 9.88 Å². The Kier molecular flexibility index (Phi) is 5.80. The molecule has 0 spiro atoms. The van der Waals surface area contributed by atoms with Crippen molar-refractivity contribution in [2.75, 3.05) is 33.3 Å². The van der Waals surface area contributed by atoms with E-state index < -0.39 is 0 Å². The topological polar surface area (TPSA) is 37.4 Å². The highest BCUT2D eigenvalue weighted by molar-refractivity contribution is 5.26. The summed E-state index contributed by atoms with van der Waals surface area (Å²) in [6.07, 6.45) is 2.63. The van der Waals surface area contributed by atoms with Gasteiger partial charge in [0.2, 0.25) is 0 Å². The number of pyridine rings is 1. The molecule has 4 heteroatoms. The maximum atomic E-state index is 5.33. The summed E-state index contributed by atoms with van der Waals surface area (Å²) in [5.74, 6) is 1.68. The van der Waals surface area contributed by atoms with Crippen LogP contribution in [0.3, 0.4) is 0 Å². The van der Waals surface area contributed by atoms with Crippen LogP contribution < -0.4 is 10.1 Å². The van der Waals surface area contributed by atoms with E-state index in [2.05, 4.69) is 28.2 Å². The van der Waals surface area contributed by atoms with Crippen molar-refractivity contribution in [1.29, 1.82) is 0 Å². The van der Waals surface area contributed by atoms with Crippen LogP contribution in [0.2, 0.25) is 0 Å². The molecule has 20 heavy (non-hydrogen) atoms. The van der Waals surface area contributed by atoms with Crippen molar-refractivity contribution in [2.45, 2.75) is 33.2 Å². The molecule has 1 saturated heterocycles. The van der Waals surface area contributed by atoms with Crippen molar-refractivity contribution in [1.82, 2.24) is 15.2 Å². The molecule has 2 heterocycles. The highest BCUT2D eigenvalue weighted by Crippen LogP contribution is 2.19. The van der Waals surface area contributed by atoms with Crippen molar-refractivity contribution in [3.8, 4) is 5.75 Å². The lowest BCUT2D eigenvalue weighted by Gasteiger charge is -2.32. The summed E-state index contributed by atoms with van der Waals surface area (Å²) in [7, 11) is 1.71. The van der Waals surface area contributed by atoms with Crippen LogP contribution in [0.1, 0.15) is 31.2 Å². The maximum absolute atomic E-state index is 5.33. The predicted molar refractivity (Wildman–Crippen MR) is 82.1 cm³/mol. The van der Waals surface area contributed by atoms with Gasteiger partial charge in [0, 0.05) is 30.9 Å². The first-order valence-corrected chi connectivity index (χ1v) is 7.66. The lowest BCUT2D eigenvalue weighted by atomic mass is 9.98. The first-order chi connectivity index (χ1) is 9.71. The number of nitrogens with zero attached hydrogens (tertiary/aromatic N) is 2. The molecule has 1 aliphatic heterocycles. The molecule has 1 N–H and O–H groups in total. The van der Waals surface area contributed by atoms with Gasteiger partial charge in [0.15, 0.2) is 0 Å². The van der Waals surface area contributed by atoms with Crippen molar-refractivity contribution in [3.63, 3.8) is 0 Å². The summed E-state index contributed by atoms with van der Waals surface area (Å²) >= 11 is 0. The lowest BCUT2D eigenvalue weighted by Crippen LogP contribution is -2.39. The summed E-state index contributed by atoms with van der Waals surface area (Å²) < 4.78 is 5.33. The summed E-state index contributed by atoms with van der Waals surface area (Å²) in [5.41, 5.74) is 2.14. The standard InChI is InChI=1S/C16H27N3O/c1-4-17-10-14-6-5-7-19(11-14)12-15-9-16(20-3)8-13(2)18-15/h8-9,14,17H,4-7,10-12H2,1-3H3. The first-order valence-electron chi connectivity index (χ1n) is 7.66. The smallest absolute Gasteiger partial charge is 0.122 e. The maximum Gasteiger partial charge on any atom is 0.122 e. The fraction of sp³-hybridized carbons (Fsp3) is 0.688. The fourth-order valence-electron chi connectivity index (χ4n) is 2.94. The summed E-state index contributed by atoms with van der Waals surface area (Å²) in [4.78, 5) is 7.15. The van der Waals surface area contributed by atoms with Gasteiger partial charge in [-0.15, -0.1) is 0 Å². The molecule has 4 nitrogen and oxygen atoms in total. The largest absolute Gasteiger partial charge is 0.497 e. The SMILES string of the molecule is CCNCC1CCCN(Cc2cc(OC)cc(C)n2)C1. The van der Waals surface area contributed by atoms with Gasteiger partial charge in [-0.2, -0.15) is 0 Å². The highest BCUT2D eigenvalue weighted by Gasteiger charge is 2.20. The van der Waals surface area contributed by atoms with E-state index in [-0.39, 0.29) is 0 Å². The Labute approximate surface area is 122 Å². The normalized spacial score (nSPS) is 20.1. The molecule has 1 unspecified atom stereocenters. The molecule has 2 rings (SSSR count). The average Bonchev–Trinajstić information content (AvgIpc) is 2.45. The van der Waals surface area contributed by atoms with Crippen LogP contribution in [0.25, 0.3) is 0 Å². The Hall–Kier alpha value is -1.13. The quantitative estimate of drug-likeness (QED) is 0.865. The number of likely N-dealkylation sites (tertiary alicyclic amines) is 1. The third-order valence-electron chi connectivity index (χ3n) is 3.89. The number of hydrogen-bond donors (Lipinski definition) is 1. The first kappa shape index (κ1) is 15.3. The molecule has 0 bridgehead atoms. The molecule has 1 aromatic rings. The Morgan fingerprint density at radius 1 is 1.45 bits per heavy atom. The minimum Gasteiger partial charge on any atom is -0.497 e. The van der Waals surface area contributed by atoms with Gasteiger partial charge in [-0.1, -0.05) is 6.92 Å². The van der Waals surface area contributed by atoms with Crippen molar-refractivity contribution in [2.24, 2.45) is 5.92 Å². The second-order valence-corrected chi connectivity index (χ2v) is 5.69. The molecular formula is C16H27N3O. The van der Waals surface area contributed by atoms with E-state index in [4.69, 9.17) is 4.74 Å². The van der Waals surface area contributed by atoms with Crippen LogP contribution >= 0.6 is 0 Å². The van der Waals surface area contributed by atoms with Gasteiger partial charge >= 0.3 is 0 Å². The van der Waals surface area contributed by atoms with E-state index >= 15 is 0 Å². The summed E-state index contributed by atoms with van der Waals surface area (Å²) in [5, 5.41) is 3.47. The van der Waals surface area contributed by atoms with E-state index in [0.29, 0.717) is 0 Å². The number of aryl methyl sites for hydroxylation is 1. The molecule has 0 aromatic carbocycles. The second-order valence-electron chi connectivity index (χ2n) is 5.69. The number of nitrogens with one attached hydrogen (secondary N) is 1.